The minimum atomic E-state index is -1.22. The first-order valence-electron chi connectivity index (χ1n) is 12.5. The van der Waals surface area contributed by atoms with Gasteiger partial charge in [0.15, 0.2) is 17.4 Å². The summed E-state index contributed by atoms with van der Waals surface area (Å²) in [5, 5.41) is 3.98. The van der Waals surface area contributed by atoms with Crippen molar-refractivity contribution >= 4 is 12.0 Å². The molecular formula is C25H30F3N7O3. The van der Waals surface area contributed by atoms with Crippen molar-refractivity contribution < 1.29 is 27.2 Å². The fourth-order valence-electron chi connectivity index (χ4n) is 4.82. The van der Waals surface area contributed by atoms with E-state index < -0.39 is 29.4 Å². The Morgan fingerprint density at radius 3 is 2.47 bits per heavy atom. The van der Waals surface area contributed by atoms with Gasteiger partial charge in [-0.15, -0.1) is 0 Å². The molecule has 0 aliphatic carbocycles. The van der Waals surface area contributed by atoms with E-state index in [2.05, 4.69) is 25.0 Å². The molecule has 2 aliphatic rings. The lowest BCUT2D eigenvalue weighted by molar-refractivity contribution is 0.109. The molecule has 1 unspecified atom stereocenters. The van der Waals surface area contributed by atoms with Gasteiger partial charge in [0.05, 0.1) is 19.0 Å². The van der Waals surface area contributed by atoms with Gasteiger partial charge in [-0.25, -0.2) is 23.1 Å². The molecule has 0 spiro atoms. The highest BCUT2D eigenvalue weighted by atomic mass is 19.2. The molecule has 2 aliphatic heterocycles. The minimum absolute atomic E-state index is 0.0500. The highest BCUT2D eigenvalue weighted by Gasteiger charge is 2.35. The Morgan fingerprint density at radius 2 is 1.76 bits per heavy atom. The largest absolute Gasteiger partial charge is 0.490 e. The van der Waals surface area contributed by atoms with E-state index in [1.54, 1.807) is 24.4 Å². The maximum Gasteiger partial charge on any atom is 0.324 e. The van der Waals surface area contributed by atoms with E-state index in [9.17, 15) is 13.2 Å². The van der Waals surface area contributed by atoms with Crippen LogP contribution in [0.3, 0.4) is 0 Å². The van der Waals surface area contributed by atoms with Crippen LogP contribution in [-0.4, -0.2) is 66.0 Å². The molecule has 3 aromatic rings. The fraction of sp³-hybridized carbons (Fsp3) is 0.520. The standard InChI is InChI=1S/C25H30F3N7O3/c1-14(36-2)23-32-25(38-33-23)34-5-3-15(4-6-34)13-37-16-9-30-24(31-10-16)35-11-18(22(29)12-35)17-7-20(27)21(28)8-19(17)26/h7-10,14-15,18,22H,3-6,11-13,29H2,1-2H3/t14-,18?,22+/m1/s1. The summed E-state index contributed by atoms with van der Waals surface area (Å²) in [6.07, 6.45) is 4.77. The zero-order valence-electron chi connectivity index (χ0n) is 21.2. The lowest BCUT2D eigenvalue weighted by Gasteiger charge is -2.30. The number of piperidine rings is 1. The molecule has 0 bridgehead atoms. The average Bonchev–Trinajstić information content (AvgIpc) is 3.57. The number of nitrogens with two attached hydrogens (primary N) is 1. The van der Waals surface area contributed by atoms with Gasteiger partial charge in [-0.2, -0.15) is 4.98 Å². The molecule has 3 atom stereocenters. The van der Waals surface area contributed by atoms with Crippen molar-refractivity contribution in [3.05, 3.63) is 53.4 Å². The number of rotatable bonds is 8. The fourth-order valence-corrected chi connectivity index (χ4v) is 4.82. The molecule has 2 aromatic heterocycles. The van der Waals surface area contributed by atoms with Crippen molar-refractivity contribution in [1.29, 1.82) is 0 Å². The van der Waals surface area contributed by atoms with Crippen molar-refractivity contribution in [3.63, 3.8) is 0 Å². The van der Waals surface area contributed by atoms with Crippen LogP contribution in [0.25, 0.3) is 0 Å². The van der Waals surface area contributed by atoms with Crippen LogP contribution in [0, 0.1) is 23.4 Å². The molecule has 0 amide bonds. The zero-order chi connectivity index (χ0) is 26.8. The molecule has 5 rings (SSSR count). The Bertz CT molecular complexity index is 1240. The molecule has 10 nitrogen and oxygen atoms in total. The van der Waals surface area contributed by atoms with Crippen LogP contribution in [0.15, 0.2) is 29.0 Å². The second-order valence-corrected chi connectivity index (χ2v) is 9.74. The predicted octanol–water partition coefficient (Wildman–Crippen LogP) is 3.21. The molecule has 0 radical (unpaired) electrons. The number of ether oxygens (including phenoxy) is 2. The van der Waals surface area contributed by atoms with Crippen molar-refractivity contribution in [3.8, 4) is 5.75 Å². The van der Waals surface area contributed by atoms with Gasteiger partial charge in [-0.1, -0.05) is 5.16 Å². The van der Waals surface area contributed by atoms with Crippen molar-refractivity contribution in [1.82, 2.24) is 20.1 Å². The van der Waals surface area contributed by atoms with Gasteiger partial charge in [0, 0.05) is 51.3 Å². The normalized spacial score (nSPS) is 21.2. The maximum atomic E-state index is 14.3. The molecule has 2 saturated heterocycles. The molecule has 38 heavy (non-hydrogen) atoms. The number of aromatic nitrogens is 4. The van der Waals surface area contributed by atoms with Crippen LogP contribution in [-0.2, 0) is 4.74 Å². The molecule has 0 saturated carbocycles. The Balaban J connectivity index is 1.11. The Kier molecular flexibility index (Phi) is 7.65. The van der Waals surface area contributed by atoms with Gasteiger partial charge in [0.1, 0.15) is 11.9 Å². The number of hydrogen-bond acceptors (Lipinski definition) is 10. The first-order chi connectivity index (χ1) is 18.3. The number of methoxy groups -OCH3 is 1. The van der Waals surface area contributed by atoms with Crippen LogP contribution < -0.4 is 20.3 Å². The van der Waals surface area contributed by atoms with Gasteiger partial charge < -0.3 is 29.5 Å². The molecular weight excluding hydrogens is 503 g/mol. The zero-order valence-corrected chi connectivity index (χ0v) is 21.2. The molecule has 13 heteroatoms. The molecule has 1 aromatic carbocycles. The van der Waals surface area contributed by atoms with Crippen LogP contribution in [0.2, 0.25) is 0 Å². The van der Waals surface area contributed by atoms with E-state index >= 15 is 0 Å². The number of anilines is 2. The Labute approximate surface area is 217 Å². The summed E-state index contributed by atoms with van der Waals surface area (Å²) in [6.45, 7) is 4.59. The highest BCUT2D eigenvalue weighted by molar-refractivity contribution is 5.39. The third kappa shape index (κ3) is 5.53. The van der Waals surface area contributed by atoms with Crippen LogP contribution in [0.4, 0.5) is 25.1 Å². The third-order valence-electron chi connectivity index (χ3n) is 7.22. The van der Waals surface area contributed by atoms with Crippen molar-refractivity contribution in [2.24, 2.45) is 11.7 Å². The van der Waals surface area contributed by atoms with Crippen molar-refractivity contribution in [2.75, 3.05) is 49.7 Å². The first kappa shape index (κ1) is 26.2. The van der Waals surface area contributed by atoms with Crippen LogP contribution in [0.5, 0.6) is 5.75 Å². The maximum absolute atomic E-state index is 14.3. The second kappa shape index (κ2) is 11.1. The first-order valence-corrected chi connectivity index (χ1v) is 12.5. The quantitative estimate of drug-likeness (QED) is 0.433. The summed E-state index contributed by atoms with van der Waals surface area (Å²) in [4.78, 5) is 17.0. The molecule has 4 heterocycles. The van der Waals surface area contributed by atoms with Gasteiger partial charge in [0.25, 0.3) is 0 Å². The SMILES string of the molecule is CO[C@H](C)c1noc(N2CCC(COc3cnc(N4CC(c5cc(F)c(F)cc5F)[C@@H](N)C4)nc3)CC2)n1. The molecule has 2 fully saturated rings. The molecule has 2 N–H and O–H groups in total. The van der Waals surface area contributed by atoms with E-state index in [1.807, 2.05) is 6.92 Å². The monoisotopic (exact) mass is 533 g/mol. The summed E-state index contributed by atoms with van der Waals surface area (Å²) in [6, 6.07) is 1.45. The summed E-state index contributed by atoms with van der Waals surface area (Å²) in [7, 11) is 1.60. The summed E-state index contributed by atoms with van der Waals surface area (Å²) in [5.74, 6) is -1.82. The predicted molar refractivity (Wildman–Crippen MR) is 131 cm³/mol. The lowest BCUT2D eigenvalue weighted by Crippen LogP contribution is -2.35. The Hall–Kier alpha value is -3.45. The van der Waals surface area contributed by atoms with Crippen LogP contribution in [0.1, 0.15) is 43.2 Å². The Morgan fingerprint density at radius 1 is 1.05 bits per heavy atom. The van der Waals surface area contributed by atoms with E-state index in [4.69, 9.17) is 19.7 Å². The van der Waals surface area contributed by atoms with Gasteiger partial charge >= 0.3 is 6.01 Å². The third-order valence-corrected chi connectivity index (χ3v) is 7.22. The topological polar surface area (TPSA) is 116 Å². The van der Waals surface area contributed by atoms with Crippen LogP contribution >= 0.6 is 0 Å². The van der Waals surface area contributed by atoms with Crippen molar-refractivity contribution in [2.45, 2.75) is 37.8 Å². The number of nitrogens with zero attached hydrogens (tertiary/aromatic N) is 6. The van der Waals surface area contributed by atoms with E-state index in [1.165, 1.54) is 0 Å². The number of benzene rings is 1. The lowest BCUT2D eigenvalue weighted by atomic mass is 9.94. The summed E-state index contributed by atoms with van der Waals surface area (Å²) >= 11 is 0. The minimum Gasteiger partial charge on any atom is -0.490 e. The smallest absolute Gasteiger partial charge is 0.324 e. The van der Waals surface area contributed by atoms with Gasteiger partial charge in [-0.3, -0.25) is 0 Å². The molecule has 204 valence electrons. The second-order valence-electron chi connectivity index (χ2n) is 9.74. The van der Waals surface area contributed by atoms with E-state index in [0.29, 0.717) is 48.7 Å². The van der Waals surface area contributed by atoms with E-state index in [-0.39, 0.29) is 18.2 Å². The van der Waals surface area contributed by atoms with E-state index in [0.717, 1.165) is 32.0 Å². The average molecular weight is 534 g/mol. The van der Waals surface area contributed by atoms with Gasteiger partial charge in [0.2, 0.25) is 11.8 Å². The number of hydrogen-bond donors (Lipinski definition) is 1. The number of halogens is 3. The summed E-state index contributed by atoms with van der Waals surface area (Å²) in [5.41, 5.74) is 6.25. The summed E-state index contributed by atoms with van der Waals surface area (Å²) < 4.78 is 57.8. The highest BCUT2D eigenvalue weighted by Crippen LogP contribution is 2.32. The van der Waals surface area contributed by atoms with Gasteiger partial charge in [-0.05, 0) is 37.3 Å².